The second-order valence-corrected chi connectivity index (χ2v) is 5.38. The molecule has 1 unspecified atom stereocenters. The molecule has 6 heteroatoms. The lowest BCUT2D eigenvalue weighted by molar-refractivity contribution is -0.154. The third kappa shape index (κ3) is 3.43. The van der Waals surface area contributed by atoms with Gasteiger partial charge in [0.25, 0.3) is 0 Å². The molecule has 0 fully saturated rings. The highest BCUT2D eigenvalue weighted by molar-refractivity contribution is 6.41. The predicted octanol–water partition coefficient (Wildman–Crippen LogP) is 1.39. The van der Waals surface area contributed by atoms with Gasteiger partial charge in [0.15, 0.2) is 11.8 Å². The molecule has 0 bridgehead atoms. The van der Waals surface area contributed by atoms with Crippen molar-refractivity contribution in [2.45, 2.75) is 47.1 Å². The number of hydrogen-bond donors (Lipinski definition) is 0. The molecule has 1 aliphatic rings. The van der Waals surface area contributed by atoms with Gasteiger partial charge in [0, 0.05) is 18.3 Å². The first-order valence-electron chi connectivity index (χ1n) is 6.90. The van der Waals surface area contributed by atoms with Gasteiger partial charge >= 0.3 is 5.97 Å². The van der Waals surface area contributed by atoms with E-state index < -0.39 is 12.0 Å². The summed E-state index contributed by atoms with van der Waals surface area (Å²) in [6.07, 6.45) is 0.133. The Bertz CT molecular complexity index is 440. The summed E-state index contributed by atoms with van der Waals surface area (Å²) in [5.74, 6) is -1.46. The average Bonchev–Trinajstić information content (AvgIpc) is 2.81. The van der Waals surface area contributed by atoms with Crippen LogP contribution in [0.5, 0.6) is 0 Å². The van der Waals surface area contributed by atoms with E-state index in [-0.39, 0.29) is 42.3 Å². The summed E-state index contributed by atoms with van der Waals surface area (Å²) in [6, 6.07) is -0.817. The van der Waals surface area contributed by atoms with E-state index >= 15 is 0 Å². The third-order valence-corrected chi connectivity index (χ3v) is 3.00. The number of esters is 1. The topological polar surface area (TPSA) is 76.0 Å². The summed E-state index contributed by atoms with van der Waals surface area (Å²) in [5, 5.41) is 5.17. The molecule has 0 aliphatic carbocycles. The molecule has 0 saturated carbocycles. The molecule has 1 heterocycles. The van der Waals surface area contributed by atoms with E-state index in [2.05, 4.69) is 5.10 Å². The highest BCUT2D eigenvalue weighted by atomic mass is 16.5. The molecule has 6 nitrogen and oxygen atoms in total. The predicted molar refractivity (Wildman–Crippen MR) is 74.0 cm³/mol. The molecule has 1 amide bonds. The van der Waals surface area contributed by atoms with Gasteiger partial charge in [-0.05, 0) is 6.92 Å². The van der Waals surface area contributed by atoms with Crippen LogP contribution in [0.2, 0.25) is 0 Å². The fraction of sp³-hybridized carbons (Fsp3) is 0.714. The summed E-state index contributed by atoms with van der Waals surface area (Å²) in [4.78, 5) is 36.0. The third-order valence-electron chi connectivity index (χ3n) is 3.00. The van der Waals surface area contributed by atoms with Crippen LogP contribution in [0.4, 0.5) is 0 Å². The smallest absolute Gasteiger partial charge is 0.331 e. The van der Waals surface area contributed by atoms with Crippen LogP contribution in [0.15, 0.2) is 5.10 Å². The van der Waals surface area contributed by atoms with Gasteiger partial charge in [-0.25, -0.2) is 9.80 Å². The summed E-state index contributed by atoms with van der Waals surface area (Å²) in [6.45, 7) is 8.90. The monoisotopic (exact) mass is 282 g/mol. The van der Waals surface area contributed by atoms with Crippen LogP contribution in [0.3, 0.4) is 0 Å². The molecular weight excluding hydrogens is 260 g/mol. The van der Waals surface area contributed by atoms with Crippen LogP contribution < -0.4 is 0 Å². The highest BCUT2D eigenvalue weighted by Gasteiger charge is 2.40. The quantitative estimate of drug-likeness (QED) is 0.714. The van der Waals surface area contributed by atoms with E-state index in [4.69, 9.17) is 4.74 Å². The van der Waals surface area contributed by atoms with E-state index in [1.54, 1.807) is 34.6 Å². The highest BCUT2D eigenvalue weighted by Crippen LogP contribution is 2.21. The molecule has 0 N–H and O–H groups in total. The number of ether oxygens (including phenoxy) is 1. The van der Waals surface area contributed by atoms with Crippen molar-refractivity contribution in [1.82, 2.24) is 5.01 Å². The van der Waals surface area contributed by atoms with Gasteiger partial charge < -0.3 is 4.74 Å². The van der Waals surface area contributed by atoms with Crippen molar-refractivity contribution in [3.05, 3.63) is 0 Å². The number of rotatable bonds is 5. The number of amides is 1. The van der Waals surface area contributed by atoms with E-state index in [0.717, 1.165) is 5.01 Å². The fourth-order valence-corrected chi connectivity index (χ4v) is 1.88. The lowest BCUT2D eigenvalue weighted by Gasteiger charge is -2.21. The van der Waals surface area contributed by atoms with Crippen molar-refractivity contribution in [1.29, 1.82) is 0 Å². The first-order chi connectivity index (χ1) is 9.29. The maximum absolute atomic E-state index is 12.1. The van der Waals surface area contributed by atoms with Crippen molar-refractivity contribution in [3.63, 3.8) is 0 Å². The molecule has 1 rings (SSSR count). The average molecular weight is 282 g/mol. The lowest BCUT2D eigenvalue weighted by Crippen LogP contribution is -2.41. The lowest BCUT2D eigenvalue weighted by atomic mass is 10.00. The molecule has 0 saturated heterocycles. The largest absolute Gasteiger partial charge is 0.464 e. The molecule has 0 aromatic heterocycles. The Balaban J connectivity index is 3.00. The maximum Gasteiger partial charge on any atom is 0.331 e. The second-order valence-electron chi connectivity index (χ2n) is 5.38. The first-order valence-corrected chi connectivity index (χ1v) is 6.90. The van der Waals surface area contributed by atoms with Gasteiger partial charge in [0.05, 0.1) is 6.61 Å². The fourth-order valence-electron chi connectivity index (χ4n) is 1.88. The summed E-state index contributed by atoms with van der Waals surface area (Å²) in [7, 11) is 0. The van der Waals surface area contributed by atoms with Crippen molar-refractivity contribution in [3.8, 4) is 0 Å². The van der Waals surface area contributed by atoms with Crippen LogP contribution in [0, 0.1) is 11.8 Å². The minimum atomic E-state index is -0.817. The normalized spacial score (nSPS) is 18.4. The zero-order valence-electron chi connectivity index (χ0n) is 12.7. The number of carbonyl (C=O) groups is 3. The first kappa shape index (κ1) is 16.3. The van der Waals surface area contributed by atoms with E-state index in [0.29, 0.717) is 0 Å². The molecule has 112 valence electrons. The van der Waals surface area contributed by atoms with Gasteiger partial charge in [0.1, 0.15) is 5.71 Å². The summed E-state index contributed by atoms with van der Waals surface area (Å²) in [5.41, 5.74) is 0.270. The minimum Gasteiger partial charge on any atom is -0.464 e. The summed E-state index contributed by atoms with van der Waals surface area (Å²) >= 11 is 0. The molecule has 1 atom stereocenters. The number of nitrogens with zero attached hydrogens (tertiary/aromatic N) is 2. The van der Waals surface area contributed by atoms with Crippen molar-refractivity contribution >= 4 is 23.4 Å². The molecule has 20 heavy (non-hydrogen) atoms. The van der Waals surface area contributed by atoms with E-state index in [9.17, 15) is 14.4 Å². The number of carbonyl (C=O) groups excluding carboxylic acids is 3. The molecule has 1 aliphatic heterocycles. The number of hydrazone groups is 1. The Labute approximate surface area is 119 Å². The SMILES string of the molecule is CCOC(=O)C1CC(C(=O)C(C)C)=NN1C(=O)C(C)C. The van der Waals surface area contributed by atoms with Crippen LogP contribution >= 0.6 is 0 Å². The van der Waals surface area contributed by atoms with Crippen molar-refractivity contribution in [2.75, 3.05) is 6.61 Å². The Hall–Kier alpha value is -1.72. The van der Waals surface area contributed by atoms with Crippen LogP contribution in [-0.4, -0.2) is 41.0 Å². The van der Waals surface area contributed by atoms with Gasteiger partial charge in [-0.2, -0.15) is 5.10 Å². The van der Waals surface area contributed by atoms with Gasteiger partial charge in [-0.3, -0.25) is 9.59 Å². The van der Waals surface area contributed by atoms with E-state index in [1.165, 1.54) is 0 Å². The zero-order valence-corrected chi connectivity index (χ0v) is 12.7. The van der Waals surface area contributed by atoms with Crippen molar-refractivity contribution in [2.24, 2.45) is 16.9 Å². The summed E-state index contributed by atoms with van der Waals surface area (Å²) < 4.78 is 4.96. The molecule has 0 aromatic carbocycles. The Morgan fingerprint density at radius 3 is 2.30 bits per heavy atom. The Morgan fingerprint density at radius 2 is 1.85 bits per heavy atom. The van der Waals surface area contributed by atoms with Crippen LogP contribution in [0.1, 0.15) is 41.0 Å². The number of hydrogen-bond acceptors (Lipinski definition) is 5. The molecule has 0 radical (unpaired) electrons. The molecule has 0 aromatic rings. The van der Waals surface area contributed by atoms with Gasteiger partial charge in [-0.1, -0.05) is 27.7 Å². The maximum atomic E-state index is 12.1. The Morgan fingerprint density at radius 1 is 1.25 bits per heavy atom. The Kier molecular flexibility index (Phi) is 5.42. The van der Waals surface area contributed by atoms with Gasteiger partial charge in [0.2, 0.25) is 5.91 Å². The molecule has 0 spiro atoms. The van der Waals surface area contributed by atoms with E-state index in [1.807, 2.05) is 0 Å². The molecular formula is C14H22N2O4. The number of ketones is 1. The second kappa shape index (κ2) is 6.63. The van der Waals surface area contributed by atoms with Crippen LogP contribution in [-0.2, 0) is 19.1 Å². The minimum absolute atomic E-state index is 0.133. The van der Waals surface area contributed by atoms with Crippen LogP contribution in [0.25, 0.3) is 0 Å². The zero-order chi connectivity index (χ0) is 15.4. The van der Waals surface area contributed by atoms with Gasteiger partial charge in [-0.15, -0.1) is 0 Å². The van der Waals surface area contributed by atoms with Crippen molar-refractivity contribution < 1.29 is 19.1 Å². The standard InChI is InChI=1S/C14H22N2O4/c1-6-20-14(19)11-7-10(12(17)8(2)3)15-16(11)13(18)9(4)5/h8-9,11H,6-7H2,1-5H3. The number of Topliss-reactive ketones (excluding diaryl/α,β-unsaturated/α-hetero) is 1.